The largest absolute Gasteiger partial charge is 0.466 e. The Labute approximate surface area is 409 Å². The van der Waals surface area contributed by atoms with Crippen LogP contribution in [0.25, 0.3) is 71.4 Å². The van der Waals surface area contributed by atoms with Crippen molar-refractivity contribution < 1.29 is 4.42 Å². The van der Waals surface area contributed by atoms with Crippen LogP contribution in [0.4, 0.5) is 17.1 Å². The third-order valence-electron chi connectivity index (χ3n) is 15.6. The van der Waals surface area contributed by atoms with Gasteiger partial charge in [0.05, 0.1) is 16.7 Å². The average Bonchev–Trinajstić information content (AvgIpc) is 3.94. The van der Waals surface area contributed by atoms with E-state index < -0.39 is 0 Å². The Hall–Kier alpha value is -6.46. The Kier molecular flexibility index (Phi) is 8.94. The van der Waals surface area contributed by atoms with Crippen LogP contribution < -0.4 is 16.0 Å². The Bertz CT molecular complexity index is 3790. The van der Waals surface area contributed by atoms with Gasteiger partial charge in [0.2, 0.25) is 0 Å². The number of anilines is 3. The quantitative estimate of drug-likeness (QED) is 0.162. The average molecular weight is 904 g/mol. The molecule has 10 aromatic rings. The van der Waals surface area contributed by atoms with E-state index in [0.29, 0.717) is 0 Å². The van der Waals surface area contributed by atoms with Crippen molar-refractivity contribution in [3.05, 3.63) is 155 Å². The predicted octanol–water partition coefficient (Wildman–Crippen LogP) is 16.5. The van der Waals surface area contributed by atoms with E-state index in [0.717, 1.165) is 28.3 Å². The van der Waals surface area contributed by atoms with Gasteiger partial charge in [-0.05, 0) is 121 Å². The van der Waals surface area contributed by atoms with E-state index in [9.17, 15) is 0 Å². The van der Waals surface area contributed by atoms with Crippen LogP contribution in [-0.4, -0.2) is 15.9 Å². The standard InChI is InChI=1S/C64H66BN3O/c1-60(2,3)37-25-28-42(29-26-37)67-52-35-40(63(10,11)12)32-47-53-55-45(43-23-19-20-24-50(43)66(55)41-21-17-16-18-22-41)36-46-44-31-38(61(4,5)6)27-30-51(44)68(56(46)53)65(54(47)52)59-57(67)48-33-39(62(7,8)9)34-49(58(48)69-59)64(13,14)15/h16-36H,1-15H3. The second kappa shape index (κ2) is 14.1. The monoisotopic (exact) mass is 904 g/mol. The lowest BCUT2D eigenvalue weighted by Gasteiger charge is -2.40. The summed E-state index contributed by atoms with van der Waals surface area (Å²) in [6, 6.07) is 49.2. The lowest BCUT2D eigenvalue weighted by Crippen LogP contribution is -2.56. The van der Waals surface area contributed by atoms with Crippen molar-refractivity contribution in [3.8, 4) is 16.8 Å². The summed E-state index contributed by atoms with van der Waals surface area (Å²) in [4.78, 5) is 2.59. The van der Waals surface area contributed by atoms with Crippen LogP contribution >= 0.6 is 0 Å². The lowest BCUT2D eigenvalue weighted by molar-refractivity contribution is 0.557. The van der Waals surface area contributed by atoms with E-state index in [1.807, 2.05) is 0 Å². The first-order valence-corrected chi connectivity index (χ1v) is 25.2. The van der Waals surface area contributed by atoms with Crippen LogP contribution in [0, 0.1) is 0 Å². The first-order chi connectivity index (χ1) is 32.4. The molecule has 0 saturated heterocycles. The Morgan fingerprint density at radius 2 is 1.03 bits per heavy atom. The van der Waals surface area contributed by atoms with Crippen molar-refractivity contribution in [2.45, 2.75) is 131 Å². The first kappa shape index (κ1) is 43.8. The molecule has 3 aromatic heterocycles. The van der Waals surface area contributed by atoms with E-state index in [-0.39, 0.29) is 33.9 Å². The molecule has 0 spiro atoms. The maximum absolute atomic E-state index is 7.80. The molecule has 0 atom stereocenters. The van der Waals surface area contributed by atoms with E-state index in [1.165, 1.54) is 99.1 Å². The van der Waals surface area contributed by atoms with Gasteiger partial charge in [-0.25, -0.2) is 0 Å². The van der Waals surface area contributed by atoms with Gasteiger partial charge in [0, 0.05) is 66.2 Å². The molecule has 346 valence electrons. The summed E-state index contributed by atoms with van der Waals surface area (Å²) in [5, 5.41) is 6.26. The molecule has 0 radical (unpaired) electrons. The highest BCUT2D eigenvalue weighted by Crippen LogP contribution is 2.53. The molecule has 0 aliphatic carbocycles. The summed E-state index contributed by atoms with van der Waals surface area (Å²) >= 11 is 0. The normalized spacial score (nSPS) is 14.2. The van der Waals surface area contributed by atoms with Crippen molar-refractivity contribution in [3.63, 3.8) is 0 Å². The van der Waals surface area contributed by atoms with Crippen molar-refractivity contribution in [1.82, 2.24) is 9.05 Å². The summed E-state index contributed by atoms with van der Waals surface area (Å²) in [6.07, 6.45) is 0. The van der Waals surface area contributed by atoms with E-state index in [2.05, 4.69) is 245 Å². The molecule has 0 amide bonds. The molecule has 0 fully saturated rings. The molecule has 4 nitrogen and oxygen atoms in total. The van der Waals surface area contributed by atoms with Crippen LogP contribution in [0.2, 0.25) is 0 Å². The van der Waals surface area contributed by atoms with Gasteiger partial charge < -0.3 is 18.4 Å². The molecule has 69 heavy (non-hydrogen) atoms. The molecule has 5 heterocycles. The molecule has 12 rings (SSSR count). The molecule has 2 aliphatic rings. The zero-order valence-electron chi connectivity index (χ0n) is 43.5. The van der Waals surface area contributed by atoms with Gasteiger partial charge in [0.25, 0.3) is 0 Å². The molecular formula is C64H66BN3O. The topological polar surface area (TPSA) is 26.2 Å². The maximum atomic E-state index is 7.80. The molecule has 0 bridgehead atoms. The van der Waals surface area contributed by atoms with Gasteiger partial charge in [-0.15, -0.1) is 0 Å². The molecular weight excluding hydrogens is 838 g/mol. The first-order valence-electron chi connectivity index (χ1n) is 25.2. The summed E-state index contributed by atoms with van der Waals surface area (Å²) in [5.41, 5.74) is 21.5. The smallest absolute Gasteiger partial charge is 0.375 e. The number of hydrogen-bond acceptors (Lipinski definition) is 2. The number of benzene rings is 7. The number of hydrogen-bond donors (Lipinski definition) is 0. The van der Waals surface area contributed by atoms with Crippen LogP contribution in [0.1, 0.15) is 132 Å². The zero-order chi connectivity index (χ0) is 48.6. The number of para-hydroxylation sites is 2. The van der Waals surface area contributed by atoms with Gasteiger partial charge in [0.1, 0.15) is 11.2 Å². The fraction of sp³-hybridized carbons (Fsp3) is 0.312. The Morgan fingerprint density at radius 3 is 1.68 bits per heavy atom. The molecule has 5 heteroatoms. The minimum absolute atomic E-state index is 0.00750. The summed E-state index contributed by atoms with van der Waals surface area (Å²) in [7, 11) is 0. The number of aromatic nitrogens is 2. The Morgan fingerprint density at radius 1 is 0.435 bits per heavy atom. The predicted molar refractivity (Wildman–Crippen MR) is 298 cm³/mol. The highest BCUT2D eigenvalue weighted by molar-refractivity contribution is 6.89. The minimum Gasteiger partial charge on any atom is -0.466 e. The fourth-order valence-electron chi connectivity index (χ4n) is 11.7. The maximum Gasteiger partial charge on any atom is 0.375 e. The van der Waals surface area contributed by atoms with Crippen LogP contribution in [-0.2, 0) is 27.1 Å². The lowest BCUT2D eigenvalue weighted by atomic mass is 9.47. The van der Waals surface area contributed by atoms with Gasteiger partial charge in [0.15, 0.2) is 0 Å². The number of rotatable bonds is 2. The van der Waals surface area contributed by atoms with Gasteiger partial charge in [-0.1, -0.05) is 171 Å². The molecule has 2 aliphatic heterocycles. The number of furan rings is 1. The van der Waals surface area contributed by atoms with Crippen molar-refractivity contribution in [2.75, 3.05) is 4.90 Å². The second-order valence-corrected chi connectivity index (χ2v) is 25.5. The minimum atomic E-state index is -0.248. The van der Waals surface area contributed by atoms with E-state index in [1.54, 1.807) is 0 Å². The van der Waals surface area contributed by atoms with Crippen LogP contribution in [0.5, 0.6) is 0 Å². The third-order valence-corrected chi connectivity index (χ3v) is 15.6. The Balaban J connectivity index is 1.35. The van der Waals surface area contributed by atoms with Crippen LogP contribution in [0.3, 0.4) is 0 Å². The molecule has 0 unspecified atom stereocenters. The van der Waals surface area contributed by atoms with Crippen molar-refractivity contribution >= 4 is 89.6 Å². The van der Waals surface area contributed by atoms with Crippen molar-refractivity contribution in [1.29, 1.82) is 0 Å². The van der Waals surface area contributed by atoms with Gasteiger partial charge in [-0.3, -0.25) is 0 Å². The summed E-state index contributed by atoms with van der Waals surface area (Å²) < 4.78 is 13.0. The molecule has 0 saturated carbocycles. The van der Waals surface area contributed by atoms with Gasteiger partial charge in [-0.2, -0.15) is 0 Å². The van der Waals surface area contributed by atoms with Crippen LogP contribution in [0.15, 0.2) is 132 Å². The van der Waals surface area contributed by atoms with Crippen molar-refractivity contribution in [2.24, 2.45) is 0 Å². The molecule has 7 aromatic carbocycles. The highest BCUT2D eigenvalue weighted by Gasteiger charge is 2.48. The van der Waals surface area contributed by atoms with E-state index in [4.69, 9.17) is 4.42 Å². The number of nitrogens with zero attached hydrogens (tertiary/aromatic N) is 3. The third kappa shape index (κ3) is 6.34. The SMILES string of the molecule is CC(C)(C)c1ccc(N2c3cc(C(C)(C)C)cc4c3B(c3oc5c(C(C)(C)C)cc(C(C)(C)C)cc5c32)n2c3ccc(C(C)(C)C)cc3c3cc5c6ccccc6n(-c6ccccc6)c5c-4c32)cc1. The van der Waals surface area contributed by atoms with E-state index >= 15 is 0 Å². The molecule has 0 N–H and O–H groups in total. The second-order valence-electron chi connectivity index (χ2n) is 25.5. The highest BCUT2D eigenvalue weighted by atomic mass is 16.3. The fourth-order valence-corrected chi connectivity index (χ4v) is 11.7. The number of fused-ring (bicyclic) bond motifs is 13. The zero-order valence-corrected chi connectivity index (χ0v) is 43.5. The summed E-state index contributed by atoms with van der Waals surface area (Å²) in [6.45, 7) is 34.8. The van der Waals surface area contributed by atoms with Gasteiger partial charge >= 0.3 is 6.85 Å². The summed E-state index contributed by atoms with van der Waals surface area (Å²) in [5.74, 6) is 0.